The van der Waals surface area contributed by atoms with Gasteiger partial charge in [-0.05, 0) is 39.5 Å². The molecule has 0 aromatic rings. The van der Waals surface area contributed by atoms with Crippen LogP contribution in [0.1, 0.15) is 65.2 Å². The van der Waals surface area contributed by atoms with Gasteiger partial charge >= 0.3 is 35.8 Å². The summed E-state index contributed by atoms with van der Waals surface area (Å²) >= 11 is 0. The van der Waals surface area contributed by atoms with E-state index in [0.29, 0.717) is 25.7 Å². The molecule has 0 aromatic heterocycles. The van der Waals surface area contributed by atoms with Crippen LogP contribution in [0, 0.1) is 23.7 Å². The Labute approximate surface area is 252 Å². The van der Waals surface area contributed by atoms with E-state index in [9.17, 15) is 28.8 Å². The first-order valence-electron chi connectivity index (χ1n) is 13.3. The molecule has 4 atom stereocenters. The fourth-order valence-electron chi connectivity index (χ4n) is 4.43. The number of ether oxygens (including phenoxy) is 4. The Morgan fingerprint density at radius 1 is 0.561 bits per heavy atom. The molecule has 2 fully saturated rings. The summed E-state index contributed by atoms with van der Waals surface area (Å²) in [5, 5.41) is 18.2. The van der Waals surface area contributed by atoms with E-state index in [1.54, 1.807) is 0 Å². The molecule has 2 aliphatic carbocycles. The third kappa shape index (κ3) is 13.9. The molecule has 2 N–H and O–H groups in total. The Morgan fingerprint density at radius 2 is 0.829 bits per heavy atom. The largest absolute Gasteiger partial charge is 0.481 e. The zero-order chi connectivity index (χ0) is 30.2. The molecule has 0 aromatic carbocycles. The fraction of sp³-hybridized carbons (Fsp3) is 0.643. The first-order chi connectivity index (χ1) is 18.9. The predicted octanol–water partition coefficient (Wildman–Crippen LogP) is 3.08. The molecule has 4 unspecified atom stereocenters. The second kappa shape index (κ2) is 19.9. The molecule has 2 rings (SSSR count). The monoisotopic (exact) mass is 632 g/mol. The topological polar surface area (TPSA) is 180 Å². The minimum atomic E-state index is -0.958. The van der Waals surface area contributed by atoms with Crippen molar-refractivity contribution in [2.45, 2.75) is 65.2 Å². The summed E-state index contributed by atoms with van der Waals surface area (Å²) in [5.41, 5.74) is 0.545. The van der Waals surface area contributed by atoms with Crippen molar-refractivity contribution in [3.8, 4) is 0 Å². The summed E-state index contributed by atoms with van der Waals surface area (Å²) in [5.74, 6) is -6.59. The van der Waals surface area contributed by atoms with Gasteiger partial charge in [0.15, 0.2) is 0 Å². The Morgan fingerprint density at radius 3 is 1.10 bits per heavy atom. The number of aliphatic carboxylic acids is 2. The average Bonchev–Trinajstić information content (AvgIpc) is 2.92. The second-order valence-corrected chi connectivity index (χ2v) is 9.84. The minimum absolute atomic E-state index is 0. The van der Waals surface area contributed by atoms with E-state index in [4.69, 9.17) is 29.2 Å². The smallest absolute Gasteiger partial charge is 0.333 e. The van der Waals surface area contributed by atoms with Crippen molar-refractivity contribution in [1.29, 1.82) is 0 Å². The Bertz CT molecular complexity index is 884. The molecule has 0 spiro atoms. The van der Waals surface area contributed by atoms with Crippen molar-refractivity contribution in [3.05, 3.63) is 24.3 Å². The number of hydrogen-bond acceptors (Lipinski definition) is 10. The summed E-state index contributed by atoms with van der Waals surface area (Å²) in [7, 11) is 0. The van der Waals surface area contributed by atoms with Gasteiger partial charge in [0.1, 0.15) is 26.4 Å². The van der Waals surface area contributed by atoms with Crippen molar-refractivity contribution in [3.63, 3.8) is 0 Å². The number of carbonyl (C=O) groups excluding carboxylic acids is 4. The second-order valence-electron chi connectivity index (χ2n) is 9.84. The van der Waals surface area contributed by atoms with Gasteiger partial charge in [-0.15, -0.1) is 0 Å². The minimum Gasteiger partial charge on any atom is -0.481 e. The summed E-state index contributed by atoms with van der Waals surface area (Å²) in [6.45, 7) is 9.65. The van der Waals surface area contributed by atoms with Gasteiger partial charge in [0.05, 0.1) is 23.7 Å². The normalized spacial score (nSPS) is 21.3. The molecule has 0 bridgehead atoms. The molecule has 0 amide bonds. The Kier molecular flexibility index (Phi) is 18.4. The molecule has 2 aliphatic rings. The van der Waals surface area contributed by atoms with Crippen LogP contribution < -0.4 is 0 Å². The summed E-state index contributed by atoms with van der Waals surface area (Å²) in [6.07, 6.45) is 5.35. The van der Waals surface area contributed by atoms with Gasteiger partial charge in [-0.2, -0.15) is 0 Å². The van der Waals surface area contributed by atoms with Crippen LogP contribution in [-0.4, -0.2) is 72.5 Å². The zero-order valence-corrected chi connectivity index (χ0v) is 26.9. The molecule has 226 valence electrons. The van der Waals surface area contributed by atoms with Crippen molar-refractivity contribution in [2.75, 3.05) is 26.4 Å². The zero-order valence-electron chi connectivity index (χ0n) is 23.9. The van der Waals surface area contributed by atoms with E-state index in [1.165, 1.54) is 13.8 Å². The van der Waals surface area contributed by atoms with Crippen LogP contribution in [0.2, 0.25) is 0 Å². The van der Waals surface area contributed by atoms with Crippen molar-refractivity contribution < 1.29 is 77.4 Å². The van der Waals surface area contributed by atoms with Gasteiger partial charge in [0.25, 0.3) is 0 Å². The third-order valence-corrected chi connectivity index (χ3v) is 6.59. The van der Waals surface area contributed by atoms with Gasteiger partial charge in [-0.3, -0.25) is 19.2 Å². The van der Waals surface area contributed by atoms with E-state index < -0.39 is 59.5 Å². The van der Waals surface area contributed by atoms with Gasteiger partial charge in [-0.1, -0.05) is 38.8 Å². The number of rotatable bonds is 12. The number of carboxylic acids is 2. The maximum Gasteiger partial charge on any atom is 0.333 e. The standard InChI is InChI=1S/2C14H20O6.Zn/c2*1-9(2)13(17)19-7-8-20-14(18)11-6-4-3-5-10(11)12(15)16;/h2*10-11H,1,3-8H2,2H3,(H,15,16);. The van der Waals surface area contributed by atoms with E-state index in [0.717, 1.165) is 25.7 Å². The van der Waals surface area contributed by atoms with E-state index >= 15 is 0 Å². The molecular weight excluding hydrogens is 594 g/mol. The molecule has 13 heteroatoms. The summed E-state index contributed by atoms with van der Waals surface area (Å²) < 4.78 is 19.5. The SMILES string of the molecule is C=C(C)C(=O)OCCOC(=O)C1CCCCC1C(=O)O.C=C(C)C(=O)OCCOC(=O)C1CCCCC1C(=O)O.[Zn]. The Hall–Kier alpha value is -3.08. The summed E-state index contributed by atoms with van der Waals surface area (Å²) in [6, 6.07) is 0. The number of esters is 4. The quantitative estimate of drug-likeness (QED) is 0.106. The van der Waals surface area contributed by atoms with Crippen molar-refractivity contribution in [2.24, 2.45) is 23.7 Å². The maximum atomic E-state index is 11.8. The van der Waals surface area contributed by atoms with Crippen LogP contribution in [0.15, 0.2) is 24.3 Å². The van der Waals surface area contributed by atoms with Crippen LogP contribution >= 0.6 is 0 Å². The van der Waals surface area contributed by atoms with E-state index in [1.807, 2.05) is 0 Å². The summed E-state index contributed by atoms with van der Waals surface area (Å²) in [4.78, 5) is 68.0. The van der Waals surface area contributed by atoms with Gasteiger partial charge < -0.3 is 29.2 Å². The third-order valence-electron chi connectivity index (χ3n) is 6.59. The number of carboxylic acid groups (broad SMARTS) is 2. The average molecular weight is 634 g/mol. The molecule has 12 nitrogen and oxygen atoms in total. The van der Waals surface area contributed by atoms with E-state index in [2.05, 4.69) is 13.2 Å². The molecule has 2 saturated carbocycles. The Balaban J connectivity index is 0.000000762. The molecule has 0 heterocycles. The molecule has 0 radical (unpaired) electrons. The van der Waals surface area contributed by atoms with Crippen molar-refractivity contribution in [1.82, 2.24) is 0 Å². The molecular formula is C28H40O12Zn. The van der Waals surface area contributed by atoms with Crippen LogP contribution in [0.5, 0.6) is 0 Å². The molecule has 41 heavy (non-hydrogen) atoms. The number of hydrogen-bond donors (Lipinski definition) is 2. The van der Waals surface area contributed by atoms with Crippen LogP contribution in [-0.2, 0) is 67.2 Å². The fourth-order valence-corrected chi connectivity index (χ4v) is 4.43. The first-order valence-corrected chi connectivity index (χ1v) is 13.3. The van der Waals surface area contributed by atoms with Crippen molar-refractivity contribution >= 4 is 35.8 Å². The molecule has 0 aliphatic heterocycles. The van der Waals surface area contributed by atoms with Gasteiger partial charge in [0, 0.05) is 30.6 Å². The van der Waals surface area contributed by atoms with Crippen LogP contribution in [0.25, 0.3) is 0 Å². The van der Waals surface area contributed by atoms with Gasteiger partial charge in [-0.25, -0.2) is 9.59 Å². The predicted molar refractivity (Wildman–Crippen MR) is 140 cm³/mol. The van der Waals surface area contributed by atoms with Crippen LogP contribution in [0.4, 0.5) is 0 Å². The van der Waals surface area contributed by atoms with E-state index in [-0.39, 0.29) is 57.1 Å². The molecule has 0 saturated heterocycles. The van der Waals surface area contributed by atoms with Crippen LogP contribution in [0.3, 0.4) is 0 Å². The van der Waals surface area contributed by atoms with Gasteiger partial charge in [0.2, 0.25) is 0 Å². The first kappa shape index (κ1) is 37.9. The maximum absolute atomic E-state index is 11.8. The number of carbonyl (C=O) groups is 6.